The maximum Gasteiger partial charge on any atom is 0.271 e. The molecule has 5 nitrogen and oxygen atoms in total. The molecule has 2 heterocycles. The summed E-state index contributed by atoms with van der Waals surface area (Å²) in [5, 5.41) is 6.97. The van der Waals surface area contributed by atoms with Gasteiger partial charge in [0.05, 0.1) is 5.69 Å². The number of fused-ring (bicyclic) bond motifs is 1. The first-order valence-corrected chi connectivity index (χ1v) is 6.19. The van der Waals surface area contributed by atoms with E-state index in [9.17, 15) is 4.79 Å². The number of imidazole rings is 1. The second kappa shape index (κ2) is 4.61. The molecule has 1 amide bonds. The van der Waals surface area contributed by atoms with Crippen LogP contribution in [0.4, 0.5) is 0 Å². The van der Waals surface area contributed by atoms with Crippen molar-refractivity contribution in [2.24, 2.45) is 0 Å². The molecule has 86 valence electrons. The molecule has 0 atom stereocenters. The minimum atomic E-state index is -0.0932. The van der Waals surface area contributed by atoms with Crippen molar-refractivity contribution in [2.75, 3.05) is 6.54 Å². The van der Waals surface area contributed by atoms with Crippen LogP contribution < -0.4 is 5.32 Å². The summed E-state index contributed by atoms with van der Waals surface area (Å²) in [5.74, 6) is -0.0932. The van der Waals surface area contributed by atoms with E-state index < -0.39 is 0 Å². The number of hydrogen-bond donors (Lipinski definition) is 1. The molecule has 0 unspecified atom stereocenters. The number of nitrogens with zero attached hydrogens (tertiary/aromatic N) is 3. The molecule has 0 bridgehead atoms. The van der Waals surface area contributed by atoms with E-state index in [0.717, 1.165) is 23.5 Å². The Balaban J connectivity index is 2.21. The van der Waals surface area contributed by atoms with Crippen LogP contribution in [0.1, 0.15) is 35.9 Å². The average molecular weight is 238 g/mol. The van der Waals surface area contributed by atoms with Gasteiger partial charge in [-0.25, -0.2) is 4.98 Å². The van der Waals surface area contributed by atoms with Crippen LogP contribution in [0.25, 0.3) is 4.96 Å². The van der Waals surface area contributed by atoms with Gasteiger partial charge in [0.1, 0.15) is 5.51 Å². The lowest BCUT2D eigenvalue weighted by Crippen LogP contribution is -2.26. The quantitative estimate of drug-likeness (QED) is 0.824. The molecular weight excluding hydrogens is 224 g/mol. The first-order valence-electron chi connectivity index (χ1n) is 5.31. The number of hydrogen-bond acceptors (Lipinski definition) is 4. The lowest BCUT2D eigenvalue weighted by atomic mass is 10.3. The van der Waals surface area contributed by atoms with E-state index in [4.69, 9.17) is 0 Å². The maximum atomic E-state index is 11.9. The molecule has 2 aromatic rings. The first-order chi connectivity index (χ1) is 7.74. The summed E-state index contributed by atoms with van der Waals surface area (Å²) in [6, 6.07) is 0. The van der Waals surface area contributed by atoms with Crippen LogP contribution in [0.5, 0.6) is 0 Å². The zero-order valence-corrected chi connectivity index (χ0v) is 10.2. The number of carbonyl (C=O) groups excluding carboxylic acids is 1. The monoisotopic (exact) mass is 238 g/mol. The Labute approximate surface area is 97.5 Å². The summed E-state index contributed by atoms with van der Waals surface area (Å²) in [7, 11) is 0. The molecule has 0 aliphatic carbocycles. The second-order valence-electron chi connectivity index (χ2n) is 3.59. The molecule has 0 radical (unpaired) electrons. The van der Waals surface area contributed by atoms with Crippen LogP contribution in [-0.4, -0.2) is 27.0 Å². The van der Waals surface area contributed by atoms with Crippen LogP contribution in [0.15, 0.2) is 5.51 Å². The summed E-state index contributed by atoms with van der Waals surface area (Å²) < 4.78 is 1.60. The van der Waals surface area contributed by atoms with Gasteiger partial charge < -0.3 is 5.32 Å². The van der Waals surface area contributed by atoms with Gasteiger partial charge in [0.15, 0.2) is 5.69 Å². The zero-order chi connectivity index (χ0) is 11.5. The smallest absolute Gasteiger partial charge is 0.271 e. The van der Waals surface area contributed by atoms with Gasteiger partial charge in [0.25, 0.3) is 5.91 Å². The molecule has 2 aromatic heterocycles. The normalized spacial score (nSPS) is 10.9. The summed E-state index contributed by atoms with van der Waals surface area (Å²) >= 11 is 1.43. The van der Waals surface area contributed by atoms with Gasteiger partial charge in [0, 0.05) is 6.54 Å². The summed E-state index contributed by atoms with van der Waals surface area (Å²) in [5.41, 5.74) is 2.96. The van der Waals surface area contributed by atoms with Gasteiger partial charge in [-0.1, -0.05) is 24.7 Å². The third kappa shape index (κ3) is 1.92. The highest BCUT2D eigenvalue weighted by Gasteiger charge is 2.17. The lowest BCUT2D eigenvalue weighted by Gasteiger charge is -2.03. The van der Waals surface area contributed by atoms with Crippen molar-refractivity contribution in [1.82, 2.24) is 19.9 Å². The minimum Gasteiger partial charge on any atom is -0.351 e. The Hall–Kier alpha value is -1.43. The number of amides is 1. The molecule has 0 fully saturated rings. The third-order valence-corrected chi connectivity index (χ3v) is 3.03. The fourth-order valence-electron chi connectivity index (χ4n) is 1.52. The summed E-state index contributed by atoms with van der Waals surface area (Å²) in [6.45, 7) is 4.62. The van der Waals surface area contributed by atoms with E-state index in [2.05, 4.69) is 22.3 Å². The molecule has 1 N–H and O–H groups in total. The van der Waals surface area contributed by atoms with Crippen LogP contribution in [-0.2, 0) is 0 Å². The van der Waals surface area contributed by atoms with Crippen molar-refractivity contribution in [3.8, 4) is 0 Å². The van der Waals surface area contributed by atoms with Gasteiger partial charge in [0.2, 0.25) is 4.96 Å². The highest BCUT2D eigenvalue weighted by Crippen LogP contribution is 2.14. The van der Waals surface area contributed by atoms with E-state index >= 15 is 0 Å². The molecule has 16 heavy (non-hydrogen) atoms. The highest BCUT2D eigenvalue weighted by molar-refractivity contribution is 7.14. The number of carbonyl (C=O) groups is 1. The number of aryl methyl sites for hydroxylation is 1. The second-order valence-corrected chi connectivity index (χ2v) is 4.40. The Bertz CT molecular complexity index is 502. The van der Waals surface area contributed by atoms with Crippen molar-refractivity contribution >= 4 is 22.2 Å². The largest absolute Gasteiger partial charge is 0.351 e. The predicted molar refractivity (Wildman–Crippen MR) is 62.8 cm³/mol. The van der Waals surface area contributed by atoms with Gasteiger partial charge in [-0.15, -0.1) is 0 Å². The summed E-state index contributed by atoms with van der Waals surface area (Å²) in [4.78, 5) is 16.9. The molecule has 2 rings (SSSR count). The molecular formula is C10H14N4OS. The van der Waals surface area contributed by atoms with Gasteiger partial charge in [-0.05, 0) is 13.3 Å². The summed E-state index contributed by atoms with van der Waals surface area (Å²) in [6.07, 6.45) is 2.06. The number of nitrogens with one attached hydrogen (secondary N) is 1. The minimum absolute atomic E-state index is 0.0932. The van der Waals surface area contributed by atoms with Crippen LogP contribution >= 0.6 is 11.3 Å². The first kappa shape index (κ1) is 11.1. The fourth-order valence-corrected chi connectivity index (χ4v) is 2.18. The van der Waals surface area contributed by atoms with Gasteiger partial charge in [-0.3, -0.25) is 4.79 Å². The lowest BCUT2D eigenvalue weighted by molar-refractivity contribution is 0.0945. The highest BCUT2D eigenvalue weighted by atomic mass is 32.1. The van der Waals surface area contributed by atoms with E-state index in [1.807, 2.05) is 6.92 Å². The van der Waals surface area contributed by atoms with Crippen molar-refractivity contribution in [2.45, 2.75) is 26.7 Å². The Kier molecular flexibility index (Phi) is 3.19. The molecule has 6 heteroatoms. The van der Waals surface area contributed by atoms with Gasteiger partial charge in [-0.2, -0.15) is 9.61 Å². The SMILES string of the molecule is CCCCNC(=O)c1c(C)nc2scnn12. The number of aromatic nitrogens is 3. The predicted octanol–water partition coefficient (Wildman–Crippen LogP) is 1.63. The Morgan fingerprint density at radius 1 is 1.62 bits per heavy atom. The van der Waals surface area contributed by atoms with Crippen molar-refractivity contribution in [3.05, 3.63) is 16.9 Å². The van der Waals surface area contributed by atoms with Crippen LogP contribution in [0.3, 0.4) is 0 Å². The van der Waals surface area contributed by atoms with E-state index in [-0.39, 0.29) is 5.91 Å². The van der Waals surface area contributed by atoms with Crippen molar-refractivity contribution in [3.63, 3.8) is 0 Å². The molecule has 0 aromatic carbocycles. The number of unbranched alkanes of at least 4 members (excludes halogenated alkanes) is 1. The topological polar surface area (TPSA) is 59.3 Å². The fraction of sp³-hybridized carbons (Fsp3) is 0.500. The third-order valence-electron chi connectivity index (χ3n) is 2.35. The zero-order valence-electron chi connectivity index (χ0n) is 9.36. The Morgan fingerprint density at radius 3 is 3.19 bits per heavy atom. The van der Waals surface area contributed by atoms with Crippen molar-refractivity contribution in [1.29, 1.82) is 0 Å². The number of rotatable bonds is 4. The molecule has 0 saturated heterocycles. The van der Waals surface area contributed by atoms with Crippen molar-refractivity contribution < 1.29 is 4.79 Å². The average Bonchev–Trinajstić information content (AvgIpc) is 2.77. The molecule has 0 saturated carbocycles. The standard InChI is InChI=1S/C10H14N4OS/c1-3-4-5-11-9(15)8-7(2)13-10-14(8)12-6-16-10/h6H,3-5H2,1-2H3,(H,11,15). The maximum absolute atomic E-state index is 11.9. The van der Waals surface area contributed by atoms with Crippen LogP contribution in [0.2, 0.25) is 0 Å². The molecule has 0 aliphatic rings. The van der Waals surface area contributed by atoms with Gasteiger partial charge >= 0.3 is 0 Å². The van der Waals surface area contributed by atoms with E-state index in [0.29, 0.717) is 12.2 Å². The Morgan fingerprint density at radius 2 is 2.44 bits per heavy atom. The van der Waals surface area contributed by atoms with Crippen LogP contribution in [0, 0.1) is 6.92 Å². The van der Waals surface area contributed by atoms with E-state index in [1.54, 1.807) is 10.0 Å². The van der Waals surface area contributed by atoms with E-state index in [1.165, 1.54) is 11.3 Å². The molecule has 0 aliphatic heterocycles. The molecule has 0 spiro atoms.